The summed E-state index contributed by atoms with van der Waals surface area (Å²) in [5.41, 5.74) is 0.652. The Morgan fingerprint density at radius 2 is 1.63 bits per heavy atom. The Labute approximate surface area is 165 Å². The standard InChI is InChI=1S/C20H26ClN3O3/c1-20(2,3)19(27)23-11-9-22(10-12-23)18(26)15-7-6-14(21)13-16(15)24-8-4-5-17(24)25/h6-7,13H,4-5,8-12H2,1-3H3. The van der Waals surface area contributed by atoms with Crippen molar-refractivity contribution in [3.63, 3.8) is 0 Å². The number of amides is 3. The molecule has 6 nitrogen and oxygen atoms in total. The predicted octanol–water partition coefficient (Wildman–Crippen LogP) is 2.80. The van der Waals surface area contributed by atoms with Gasteiger partial charge in [-0.05, 0) is 24.6 Å². The average Bonchev–Trinajstić information content (AvgIpc) is 3.05. The summed E-state index contributed by atoms with van der Waals surface area (Å²) in [6, 6.07) is 5.06. The molecule has 146 valence electrons. The van der Waals surface area contributed by atoms with Crippen molar-refractivity contribution >= 4 is 35.0 Å². The Morgan fingerprint density at radius 3 is 2.19 bits per heavy atom. The number of benzene rings is 1. The van der Waals surface area contributed by atoms with Crippen LogP contribution in [0.3, 0.4) is 0 Å². The summed E-state index contributed by atoms with van der Waals surface area (Å²) < 4.78 is 0. The van der Waals surface area contributed by atoms with E-state index in [-0.39, 0.29) is 17.7 Å². The van der Waals surface area contributed by atoms with Gasteiger partial charge in [-0.15, -0.1) is 0 Å². The lowest BCUT2D eigenvalue weighted by Gasteiger charge is -2.38. The highest BCUT2D eigenvalue weighted by Gasteiger charge is 2.33. The number of nitrogens with zero attached hydrogens (tertiary/aromatic N) is 3. The van der Waals surface area contributed by atoms with Gasteiger partial charge >= 0.3 is 0 Å². The van der Waals surface area contributed by atoms with Gasteiger partial charge < -0.3 is 14.7 Å². The molecular weight excluding hydrogens is 366 g/mol. The third-order valence-corrected chi connectivity index (χ3v) is 5.29. The number of carbonyl (C=O) groups excluding carboxylic acids is 3. The first-order chi connectivity index (χ1) is 12.7. The van der Waals surface area contributed by atoms with Crippen LogP contribution in [-0.4, -0.2) is 60.2 Å². The molecule has 0 atom stereocenters. The molecule has 3 amide bonds. The molecule has 0 aromatic heterocycles. The number of piperazine rings is 1. The van der Waals surface area contributed by atoms with E-state index in [0.29, 0.717) is 55.4 Å². The van der Waals surface area contributed by atoms with Crippen LogP contribution in [0.15, 0.2) is 18.2 Å². The van der Waals surface area contributed by atoms with E-state index in [1.807, 2.05) is 25.7 Å². The summed E-state index contributed by atoms with van der Waals surface area (Å²) in [5, 5.41) is 0.502. The lowest BCUT2D eigenvalue weighted by molar-refractivity contribution is -0.141. The Balaban J connectivity index is 1.76. The minimum absolute atomic E-state index is 0.0203. The average molecular weight is 392 g/mol. The van der Waals surface area contributed by atoms with Crippen molar-refractivity contribution < 1.29 is 14.4 Å². The minimum atomic E-state index is -0.425. The Morgan fingerprint density at radius 1 is 1.00 bits per heavy atom. The van der Waals surface area contributed by atoms with Crippen LogP contribution in [0.5, 0.6) is 0 Å². The smallest absolute Gasteiger partial charge is 0.256 e. The first kappa shape index (κ1) is 19.7. The minimum Gasteiger partial charge on any atom is -0.339 e. The van der Waals surface area contributed by atoms with E-state index >= 15 is 0 Å². The van der Waals surface area contributed by atoms with Crippen molar-refractivity contribution in [3.8, 4) is 0 Å². The van der Waals surface area contributed by atoms with Crippen molar-refractivity contribution in [3.05, 3.63) is 28.8 Å². The van der Waals surface area contributed by atoms with E-state index in [2.05, 4.69) is 0 Å². The molecule has 0 saturated carbocycles. The third kappa shape index (κ3) is 4.10. The molecule has 0 spiro atoms. The monoisotopic (exact) mass is 391 g/mol. The zero-order valence-corrected chi connectivity index (χ0v) is 16.9. The van der Waals surface area contributed by atoms with Gasteiger partial charge in [0.05, 0.1) is 11.3 Å². The highest BCUT2D eigenvalue weighted by Crippen LogP contribution is 2.30. The normalized spacial score (nSPS) is 18.2. The molecule has 2 fully saturated rings. The zero-order valence-electron chi connectivity index (χ0n) is 16.1. The molecule has 1 aromatic carbocycles. The van der Waals surface area contributed by atoms with Crippen LogP contribution >= 0.6 is 11.6 Å². The molecule has 2 saturated heterocycles. The molecule has 2 aliphatic heterocycles. The van der Waals surface area contributed by atoms with Crippen LogP contribution in [0.2, 0.25) is 5.02 Å². The van der Waals surface area contributed by atoms with E-state index in [0.717, 1.165) is 6.42 Å². The summed E-state index contributed by atoms with van der Waals surface area (Å²) in [6.07, 6.45) is 1.28. The first-order valence-electron chi connectivity index (χ1n) is 9.37. The highest BCUT2D eigenvalue weighted by molar-refractivity contribution is 6.31. The number of hydrogen-bond acceptors (Lipinski definition) is 3. The van der Waals surface area contributed by atoms with Gasteiger partial charge in [0, 0.05) is 49.6 Å². The number of hydrogen-bond donors (Lipinski definition) is 0. The highest BCUT2D eigenvalue weighted by atomic mass is 35.5. The number of carbonyl (C=O) groups is 3. The molecule has 2 heterocycles. The van der Waals surface area contributed by atoms with E-state index in [1.54, 1.807) is 28.0 Å². The van der Waals surface area contributed by atoms with Crippen molar-refractivity contribution in [2.24, 2.45) is 5.41 Å². The second-order valence-electron chi connectivity index (χ2n) is 8.14. The first-order valence-corrected chi connectivity index (χ1v) is 9.75. The van der Waals surface area contributed by atoms with Gasteiger partial charge in [0.25, 0.3) is 5.91 Å². The van der Waals surface area contributed by atoms with Gasteiger partial charge in [0.1, 0.15) is 0 Å². The largest absolute Gasteiger partial charge is 0.339 e. The van der Waals surface area contributed by atoms with Gasteiger partial charge in [-0.2, -0.15) is 0 Å². The second-order valence-corrected chi connectivity index (χ2v) is 8.58. The van der Waals surface area contributed by atoms with Gasteiger partial charge in [0.2, 0.25) is 11.8 Å². The molecule has 0 aliphatic carbocycles. The van der Waals surface area contributed by atoms with Crippen LogP contribution in [0.25, 0.3) is 0 Å². The quantitative estimate of drug-likeness (QED) is 0.778. The number of halogens is 1. The van der Waals surface area contributed by atoms with Crippen LogP contribution in [0.4, 0.5) is 5.69 Å². The molecule has 2 aliphatic rings. The molecule has 0 bridgehead atoms. The van der Waals surface area contributed by atoms with Crippen molar-refractivity contribution in [1.82, 2.24) is 9.80 Å². The fraction of sp³-hybridized carbons (Fsp3) is 0.550. The summed E-state index contributed by atoms with van der Waals surface area (Å²) in [4.78, 5) is 42.9. The lowest BCUT2D eigenvalue weighted by Crippen LogP contribution is -2.53. The van der Waals surface area contributed by atoms with Crippen molar-refractivity contribution in [2.45, 2.75) is 33.6 Å². The molecule has 0 unspecified atom stereocenters. The van der Waals surface area contributed by atoms with Crippen LogP contribution in [0, 0.1) is 5.41 Å². The van der Waals surface area contributed by atoms with E-state index in [9.17, 15) is 14.4 Å². The maximum atomic E-state index is 13.1. The Kier molecular flexibility index (Phi) is 5.47. The molecule has 27 heavy (non-hydrogen) atoms. The summed E-state index contributed by atoms with van der Waals surface area (Å²) in [6.45, 7) is 8.32. The molecule has 3 rings (SSSR count). The third-order valence-electron chi connectivity index (χ3n) is 5.05. The van der Waals surface area contributed by atoms with Crippen molar-refractivity contribution in [2.75, 3.05) is 37.6 Å². The second kappa shape index (κ2) is 7.50. The van der Waals surface area contributed by atoms with Crippen molar-refractivity contribution in [1.29, 1.82) is 0 Å². The lowest BCUT2D eigenvalue weighted by atomic mass is 9.94. The van der Waals surface area contributed by atoms with Crippen LogP contribution in [0.1, 0.15) is 44.0 Å². The molecule has 1 aromatic rings. The zero-order chi connectivity index (χ0) is 19.8. The fourth-order valence-electron chi connectivity index (χ4n) is 3.57. The molecular formula is C20H26ClN3O3. The Bertz CT molecular complexity index is 764. The molecule has 7 heteroatoms. The van der Waals surface area contributed by atoms with Gasteiger partial charge in [-0.1, -0.05) is 32.4 Å². The number of anilines is 1. The fourth-order valence-corrected chi connectivity index (χ4v) is 3.74. The maximum absolute atomic E-state index is 13.1. The SMILES string of the molecule is CC(C)(C)C(=O)N1CCN(C(=O)c2ccc(Cl)cc2N2CCCC2=O)CC1. The Hall–Kier alpha value is -2.08. The van der Waals surface area contributed by atoms with Gasteiger partial charge in [-0.3, -0.25) is 14.4 Å². The summed E-state index contributed by atoms with van der Waals surface area (Å²) in [5.74, 6) is 0.000536. The summed E-state index contributed by atoms with van der Waals surface area (Å²) in [7, 11) is 0. The topological polar surface area (TPSA) is 60.9 Å². The number of rotatable bonds is 2. The maximum Gasteiger partial charge on any atom is 0.256 e. The van der Waals surface area contributed by atoms with Crippen LogP contribution in [-0.2, 0) is 9.59 Å². The van der Waals surface area contributed by atoms with Gasteiger partial charge in [-0.25, -0.2) is 0 Å². The predicted molar refractivity (Wildman–Crippen MR) is 105 cm³/mol. The summed E-state index contributed by atoms with van der Waals surface area (Å²) >= 11 is 6.12. The van der Waals surface area contributed by atoms with Crippen LogP contribution < -0.4 is 4.90 Å². The van der Waals surface area contributed by atoms with Gasteiger partial charge in [0.15, 0.2) is 0 Å². The molecule has 0 N–H and O–H groups in total. The van der Waals surface area contributed by atoms with E-state index < -0.39 is 5.41 Å². The van der Waals surface area contributed by atoms with E-state index in [1.165, 1.54) is 0 Å². The molecule has 0 radical (unpaired) electrons. The van der Waals surface area contributed by atoms with E-state index in [4.69, 9.17) is 11.6 Å².